The molecule has 1 rings (SSSR count). The summed E-state index contributed by atoms with van der Waals surface area (Å²) in [5.74, 6) is -0.575. The number of amides is 1. The molecule has 1 aromatic carbocycles. The normalized spacial score (nSPS) is 14.0. The van der Waals surface area contributed by atoms with E-state index >= 15 is 0 Å². The zero-order valence-corrected chi connectivity index (χ0v) is 12.4. The Labute approximate surface area is 119 Å². The van der Waals surface area contributed by atoms with Crippen LogP contribution >= 0.6 is 0 Å². The number of hydrogen-bond acceptors (Lipinski definition) is 2. The lowest BCUT2D eigenvalue weighted by Crippen LogP contribution is -2.38. The maximum Gasteiger partial charge on any atom is 0.244 e. The second-order valence-electron chi connectivity index (χ2n) is 5.96. The van der Waals surface area contributed by atoms with Crippen LogP contribution in [0.5, 0.6) is 0 Å². The highest BCUT2D eigenvalue weighted by Gasteiger charge is 2.22. The number of halogens is 1. The number of nitrogens with one attached hydrogen (secondary N) is 1. The van der Waals surface area contributed by atoms with Crippen LogP contribution in [-0.4, -0.2) is 23.7 Å². The number of carbonyl (C=O) groups excluding carboxylic acids is 1. The van der Waals surface area contributed by atoms with Crippen molar-refractivity contribution in [1.29, 1.82) is 0 Å². The Morgan fingerprint density at radius 3 is 2.40 bits per heavy atom. The summed E-state index contributed by atoms with van der Waals surface area (Å²) in [4.78, 5) is 11.8. The number of rotatable bonds is 4. The second-order valence-corrected chi connectivity index (χ2v) is 5.96. The number of benzene rings is 1. The van der Waals surface area contributed by atoms with Crippen LogP contribution in [0.1, 0.15) is 33.3 Å². The lowest BCUT2D eigenvalue weighted by atomic mass is 9.89. The van der Waals surface area contributed by atoms with Crippen molar-refractivity contribution in [3.63, 3.8) is 0 Å². The van der Waals surface area contributed by atoms with E-state index in [1.807, 2.05) is 20.8 Å². The van der Waals surface area contributed by atoms with Gasteiger partial charge in [0.05, 0.1) is 6.10 Å². The van der Waals surface area contributed by atoms with Crippen LogP contribution in [0, 0.1) is 11.2 Å². The molecule has 0 bridgehead atoms. The molecule has 1 aromatic rings. The van der Waals surface area contributed by atoms with Gasteiger partial charge >= 0.3 is 0 Å². The van der Waals surface area contributed by atoms with Crippen molar-refractivity contribution in [2.24, 2.45) is 5.41 Å². The zero-order chi connectivity index (χ0) is 15.3. The Hall–Kier alpha value is -1.68. The molecule has 1 unspecified atom stereocenters. The molecule has 0 radical (unpaired) electrons. The van der Waals surface area contributed by atoms with Gasteiger partial charge in [0.15, 0.2) is 0 Å². The standard InChI is InChI=1S/C16H22FNO2/c1-11(12-5-7-13(17)8-6-12)9-15(20)18-10-14(19)16(2,3)4/h5-9,14,19H,10H2,1-4H3,(H,18,20)/b11-9-. The Balaban J connectivity index is 2.60. The molecule has 0 heterocycles. The van der Waals surface area contributed by atoms with E-state index in [1.165, 1.54) is 18.2 Å². The average Bonchev–Trinajstić information content (AvgIpc) is 2.35. The highest BCUT2D eigenvalue weighted by Crippen LogP contribution is 2.18. The van der Waals surface area contributed by atoms with E-state index in [4.69, 9.17) is 0 Å². The number of aliphatic hydroxyl groups excluding tert-OH is 1. The molecular formula is C16H22FNO2. The van der Waals surface area contributed by atoms with E-state index in [9.17, 15) is 14.3 Å². The molecule has 0 aliphatic heterocycles. The molecule has 0 saturated carbocycles. The summed E-state index contributed by atoms with van der Waals surface area (Å²) in [7, 11) is 0. The van der Waals surface area contributed by atoms with Crippen molar-refractivity contribution >= 4 is 11.5 Å². The molecule has 1 amide bonds. The van der Waals surface area contributed by atoms with Gasteiger partial charge in [0.2, 0.25) is 5.91 Å². The molecular weight excluding hydrogens is 257 g/mol. The van der Waals surface area contributed by atoms with Crippen LogP contribution in [0.3, 0.4) is 0 Å². The summed E-state index contributed by atoms with van der Waals surface area (Å²) in [6.45, 7) is 7.71. The largest absolute Gasteiger partial charge is 0.391 e. The van der Waals surface area contributed by atoms with Gasteiger partial charge in [0.25, 0.3) is 0 Å². The van der Waals surface area contributed by atoms with Crippen molar-refractivity contribution in [3.05, 3.63) is 41.7 Å². The van der Waals surface area contributed by atoms with Crippen LogP contribution in [0.2, 0.25) is 0 Å². The van der Waals surface area contributed by atoms with E-state index in [-0.39, 0.29) is 23.7 Å². The Bertz CT molecular complexity index is 486. The first-order valence-electron chi connectivity index (χ1n) is 6.60. The molecule has 0 spiro atoms. The van der Waals surface area contributed by atoms with E-state index < -0.39 is 6.10 Å². The molecule has 20 heavy (non-hydrogen) atoms. The fourth-order valence-corrected chi connectivity index (χ4v) is 1.55. The van der Waals surface area contributed by atoms with Gasteiger partial charge in [-0.2, -0.15) is 0 Å². The fraction of sp³-hybridized carbons (Fsp3) is 0.438. The van der Waals surface area contributed by atoms with E-state index in [1.54, 1.807) is 19.1 Å². The first-order valence-corrected chi connectivity index (χ1v) is 6.60. The summed E-state index contributed by atoms with van der Waals surface area (Å²) in [5, 5.41) is 12.5. The van der Waals surface area contributed by atoms with Crippen molar-refractivity contribution in [3.8, 4) is 0 Å². The minimum Gasteiger partial charge on any atom is -0.391 e. The summed E-state index contributed by atoms with van der Waals surface area (Å²) < 4.78 is 12.8. The number of aliphatic hydroxyl groups is 1. The van der Waals surface area contributed by atoms with E-state index in [0.717, 1.165) is 11.1 Å². The molecule has 3 nitrogen and oxygen atoms in total. The van der Waals surface area contributed by atoms with Crippen LogP contribution in [-0.2, 0) is 4.79 Å². The molecule has 0 fully saturated rings. The summed E-state index contributed by atoms with van der Waals surface area (Å²) in [6, 6.07) is 5.96. The molecule has 4 heteroatoms. The summed E-state index contributed by atoms with van der Waals surface area (Å²) >= 11 is 0. The lowest BCUT2D eigenvalue weighted by Gasteiger charge is -2.25. The highest BCUT2D eigenvalue weighted by molar-refractivity contribution is 5.94. The average molecular weight is 279 g/mol. The van der Waals surface area contributed by atoms with Gasteiger partial charge in [0, 0.05) is 12.6 Å². The van der Waals surface area contributed by atoms with E-state index in [2.05, 4.69) is 5.32 Å². The fourth-order valence-electron chi connectivity index (χ4n) is 1.55. The lowest BCUT2D eigenvalue weighted by molar-refractivity contribution is -0.117. The number of allylic oxidation sites excluding steroid dienone is 1. The maximum absolute atomic E-state index is 12.8. The summed E-state index contributed by atoms with van der Waals surface area (Å²) in [6.07, 6.45) is 0.841. The second kappa shape index (κ2) is 6.66. The van der Waals surface area contributed by atoms with Gasteiger partial charge in [-0.25, -0.2) is 4.39 Å². The number of hydrogen-bond donors (Lipinski definition) is 2. The van der Waals surface area contributed by atoms with Gasteiger partial charge in [0.1, 0.15) is 5.82 Å². The van der Waals surface area contributed by atoms with Gasteiger partial charge < -0.3 is 10.4 Å². The molecule has 110 valence electrons. The van der Waals surface area contributed by atoms with Gasteiger partial charge in [-0.15, -0.1) is 0 Å². The van der Waals surface area contributed by atoms with Crippen LogP contribution in [0.15, 0.2) is 30.3 Å². The van der Waals surface area contributed by atoms with Crippen molar-refractivity contribution < 1.29 is 14.3 Å². The third-order valence-electron chi connectivity index (χ3n) is 3.12. The SMILES string of the molecule is C/C(=C/C(=O)NCC(O)C(C)(C)C)c1ccc(F)cc1. The third-order valence-corrected chi connectivity index (χ3v) is 3.12. The van der Waals surface area contributed by atoms with Gasteiger partial charge in [-0.05, 0) is 35.6 Å². The van der Waals surface area contributed by atoms with E-state index in [0.29, 0.717) is 0 Å². The molecule has 0 aliphatic rings. The third kappa shape index (κ3) is 5.13. The van der Waals surface area contributed by atoms with Crippen molar-refractivity contribution in [2.45, 2.75) is 33.8 Å². The molecule has 2 N–H and O–H groups in total. The Kier molecular flexibility index (Phi) is 5.45. The summed E-state index contributed by atoms with van der Waals surface area (Å²) in [5.41, 5.74) is 1.26. The molecule has 0 aliphatic carbocycles. The highest BCUT2D eigenvalue weighted by atomic mass is 19.1. The Morgan fingerprint density at radius 1 is 1.35 bits per heavy atom. The first kappa shape index (κ1) is 16.4. The Morgan fingerprint density at radius 2 is 1.90 bits per heavy atom. The van der Waals surface area contributed by atoms with Crippen LogP contribution in [0.4, 0.5) is 4.39 Å². The minimum absolute atomic E-state index is 0.204. The predicted octanol–water partition coefficient (Wildman–Crippen LogP) is 2.75. The maximum atomic E-state index is 12.8. The zero-order valence-electron chi connectivity index (χ0n) is 12.4. The molecule has 1 atom stereocenters. The minimum atomic E-state index is -0.606. The quantitative estimate of drug-likeness (QED) is 0.833. The number of carbonyl (C=O) groups is 1. The molecule has 0 aromatic heterocycles. The monoisotopic (exact) mass is 279 g/mol. The van der Waals surface area contributed by atoms with Crippen molar-refractivity contribution in [2.75, 3.05) is 6.54 Å². The topological polar surface area (TPSA) is 49.3 Å². The van der Waals surface area contributed by atoms with Gasteiger partial charge in [-0.1, -0.05) is 32.9 Å². The predicted molar refractivity (Wildman–Crippen MR) is 78.5 cm³/mol. The van der Waals surface area contributed by atoms with Gasteiger partial charge in [-0.3, -0.25) is 4.79 Å². The van der Waals surface area contributed by atoms with Crippen molar-refractivity contribution in [1.82, 2.24) is 5.32 Å². The van der Waals surface area contributed by atoms with Crippen LogP contribution in [0.25, 0.3) is 5.57 Å². The molecule has 0 saturated heterocycles. The van der Waals surface area contributed by atoms with Crippen LogP contribution < -0.4 is 5.32 Å². The first-order chi connectivity index (χ1) is 9.20. The smallest absolute Gasteiger partial charge is 0.244 e.